The zero-order chi connectivity index (χ0) is 28.6. The molecule has 0 unspecified atom stereocenters. The highest BCUT2D eigenvalue weighted by Gasteiger charge is 2.38. The second-order valence-corrected chi connectivity index (χ2v) is 8.65. The third kappa shape index (κ3) is 8.34. The first kappa shape index (κ1) is 29.7. The molecule has 4 N–H and O–H groups in total. The predicted octanol–water partition coefficient (Wildman–Crippen LogP) is 5.10. The Hall–Kier alpha value is -3.81. The van der Waals surface area contributed by atoms with Gasteiger partial charge in [-0.1, -0.05) is 35.3 Å². The van der Waals surface area contributed by atoms with Crippen LogP contribution < -0.4 is 20.9 Å². The maximum absolute atomic E-state index is 12.1. The summed E-state index contributed by atoms with van der Waals surface area (Å²) in [5.41, 5.74) is 2.76. The maximum atomic E-state index is 12.1. The number of morpholine rings is 1. The molecule has 1 saturated heterocycles. The van der Waals surface area contributed by atoms with E-state index in [1.807, 2.05) is 24.3 Å². The molecule has 1 fully saturated rings. The highest BCUT2D eigenvalue weighted by molar-refractivity contribution is 6.33. The van der Waals surface area contributed by atoms with Gasteiger partial charge in [0, 0.05) is 25.8 Å². The summed E-state index contributed by atoms with van der Waals surface area (Å²) in [6.45, 7) is 2.99. The molecule has 2 heterocycles. The molecular formula is C24H23Cl2F3N6O4. The van der Waals surface area contributed by atoms with Gasteiger partial charge < -0.3 is 30.7 Å². The van der Waals surface area contributed by atoms with Crippen molar-refractivity contribution in [1.29, 1.82) is 0 Å². The summed E-state index contributed by atoms with van der Waals surface area (Å²) in [6, 6.07) is 12.8. The molecule has 0 aliphatic carbocycles. The second-order valence-electron chi connectivity index (χ2n) is 7.83. The van der Waals surface area contributed by atoms with Crippen molar-refractivity contribution >= 4 is 63.9 Å². The largest absolute Gasteiger partial charge is 0.490 e. The monoisotopic (exact) mass is 586 g/mol. The SMILES string of the molecule is CNC(=O)c1ccccc1Nc1nc(Nc2ccc(N3CCOCC3)c(Cl)c2)ncc1Cl.O=C(O)C(F)(F)F. The first-order valence-corrected chi connectivity index (χ1v) is 12.0. The number of carbonyl (C=O) groups is 2. The molecule has 0 saturated carbocycles. The Kier molecular flexibility index (Phi) is 10.2. The summed E-state index contributed by atoms with van der Waals surface area (Å²) in [5, 5.41) is 17.0. The highest BCUT2D eigenvalue weighted by Crippen LogP contribution is 2.31. The van der Waals surface area contributed by atoms with E-state index in [-0.39, 0.29) is 5.91 Å². The van der Waals surface area contributed by atoms with E-state index >= 15 is 0 Å². The molecule has 1 aromatic heterocycles. The molecule has 15 heteroatoms. The van der Waals surface area contributed by atoms with Crippen LogP contribution >= 0.6 is 23.2 Å². The van der Waals surface area contributed by atoms with Crippen molar-refractivity contribution in [3.8, 4) is 0 Å². The Morgan fingerprint density at radius 2 is 1.72 bits per heavy atom. The van der Waals surface area contributed by atoms with Crippen LogP contribution in [0.3, 0.4) is 0 Å². The zero-order valence-electron chi connectivity index (χ0n) is 20.4. The number of halogens is 5. The molecule has 4 rings (SSSR count). The van der Waals surface area contributed by atoms with Crippen LogP contribution in [0.5, 0.6) is 0 Å². The number of hydrogen-bond acceptors (Lipinski definition) is 8. The number of benzene rings is 2. The van der Waals surface area contributed by atoms with Gasteiger partial charge in [-0.15, -0.1) is 0 Å². The van der Waals surface area contributed by atoms with Gasteiger partial charge in [-0.3, -0.25) is 4.79 Å². The number of amides is 1. The third-order valence-electron chi connectivity index (χ3n) is 5.19. The van der Waals surface area contributed by atoms with Crippen molar-refractivity contribution in [3.63, 3.8) is 0 Å². The normalized spacial score (nSPS) is 13.1. The molecule has 1 aliphatic heterocycles. The first-order chi connectivity index (χ1) is 18.5. The number of carbonyl (C=O) groups excluding carboxylic acids is 1. The van der Waals surface area contributed by atoms with E-state index in [1.54, 1.807) is 25.2 Å². The summed E-state index contributed by atoms with van der Waals surface area (Å²) in [6.07, 6.45) is -3.59. The molecule has 3 aromatic rings. The van der Waals surface area contributed by atoms with Crippen LogP contribution in [0.25, 0.3) is 0 Å². The number of nitrogens with one attached hydrogen (secondary N) is 3. The number of alkyl halides is 3. The lowest BCUT2D eigenvalue weighted by Gasteiger charge is -2.29. The standard InChI is InChI=1S/C22H22Cl2N6O2.C2HF3O2/c1-25-21(31)15-4-2-3-5-18(15)28-20-17(24)13-26-22(29-20)27-14-6-7-19(16(23)12-14)30-8-10-32-11-9-30;3-2(4,5)1(6)7/h2-7,12-13H,8-11H2,1H3,(H,25,31)(H2,26,27,28,29);(H,6,7). The van der Waals surface area contributed by atoms with Crippen LogP contribution in [0.4, 0.5) is 42.0 Å². The van der Waals surface area contributed by atoms with E-state index in [0.717, 1.165) is 24.5 Å². The summed E-state index contributed by atoms with van der Waals surface area (Å²) in [7, 11) is 1.58. The van der Waals surface area contributed by atoms with Gasteiger partial charge in [-0.05, 0) is 30.3 Å². The lowest BCUT2D eigenvalue weighted by molar-refractivity contribution is -0.192. The molecule has 1 amide bonds. The van der Waals surface area contributed by atoms with Gasteiger partial charge >= 0.3 is 12.1 Å². The van der Waals surface area contributed by atoms with Crippen molar-refractivity contribution in [2.45, 2.75) is 6.18 Å². The molecule has 0 radical (unpaired) electrons. The van der Waals surface area contributed by atoms with Gasteiger partial charge in [-0.2, -0.15) is 18.2 Å². The third-order valence-corrected chi connectivity index (χ3v) is 5.77. The number of carboxylic acid groups (broad SMARTS) is 1. The molecule has 2 aromatic carbocycles. The number of nitrogens with zero attached hydrogens (tertiary/aromatic N) is 3. The Morgan fingerprint density at radius 1 is 1.05 bits per heavy atom. The number of anilines is 5. The Morgan fingerprint density at radius 3 is 2.33 bits per heavy atom. The van der Waals surface area contributed by atoms with E-state index in [4.69, 9.17) is 37.8 Å². The molecule has 1 aliphatic rings. The Balaban J connectivity index is 0.000000532. The summed E-state index contributed by atoms with van der Waals surface area (Å²) < 4.78 is 37.1. The second kappa shape index (κ2) is 13.3. The van der Waals surface area contributed by atoms with Crippen molar-refractivity contribution in [3.05, 3.63) is 64.3 Å². The number of carboxylic acids is 1. The maximum Gasteiger partial charge on any atom is 0.490 e. The summed E-state index contributed by atoms with van der Waals surface area (Å²) in [5.74, 6) is -2.26. The van der Waals surface area contributed by atoms with Crippen LogP contribution in [-0.4, -0.2) is 66.5 Å². The Bertz CT molecular complexity index is 1320. The van der Waals surface area contributed by atoms with E-state index in [9.17, 15) is 18.0 Å². The van der Waals surface area contributed by atoms with Crippen molar-refractivity contribution in [2.24, 2.45) is 0 Å². The number of hydrogen-bond donors (Lipinski definition) is 4. The van der Waals surface area contributed by atoms with Crippen molar-refractivity contribution < 1.29 is 32.6 Å². The van der Waals surface area contributed by atoms with Crippen LogP contribution in [0.15, 0.2) is 48.7 Å². The molecule has 0 spiro atoms. The number of rotatable bonds is 6. The zero-order valence-corrected chi connectivity index (χ0v) is 21.9. The number of aromatic nitrogens is 2. The predicted molar refractivity (Wildman–Crippen MR) is 142 cm³/mol. The molecule has 0 atom stereocenters. The number of aliphatic carboxylic acids is 1. The molecule has 0 bridgehead atoms. The van der Waals surface area contributed by atoms with Gasteiger partial charge in [0.05, 0.1) is 41.4 Å². The molecule has 208 valence electrons. The van der Waals surface area contributed by atoms with Crippen LogP contribution in [0, 0.1) is 0 Å². The van der Waals surface area contributed by atoms with E-state index in [1.165, 1.54) is 6.20 Å². The summed E-state index contributed by atoms with van der Waals surface area (Å²) >= 11 is 12.8. The fourth-order valence-corrected chi connectivity index (χ4v) is 3.78. The molecule has 39 heavy (non-hydrogen) atoms. The lowest BCUT2D eigenvalue weighted by Crippen LogP contribution is -2.36. The smallest absolute Gasteiger partial charge is 0.475 e. The molecular weight excluding hydrogens is 564 g/mol. The van der Waals surface area contributed by atoms with E-state index in [2.05, 4.69) is 30.8 Å². The minimum Gasteiger partial charge on any atom is -0.475 e. The first-order valence-electron chi connectivity index (χ1n) is 11.3. The van der Waals surface area contributed by atoms with Gasteiger partial charge in [0.25, 0.3) is 5.91 Å². The average molecular weight is 587 g/mol. The summed E-state index contributed by atoms with van der Waals surface area (Å²) in [4.78, 5) is 31.9. The molecule has 10 nitrogen and oxygen atoms in total. The number of ether oxygens (including phenoxy) is 1. The van der Waals surface area contributed by atoms with Gasteiger partial charge in [-0.25, -0.2) is 9.78 Å². The minimum absolute atomic E-state index is 0.216. The van der Waals surface area contributed by atoms with E-state index < -0.39 is 12.1 Å². The van der Waals surface area contributed by atoms with Crippen LogP contribution in [0.1, 0.15) is 10.4 Å². The van der Waals surface area contributed by atoms with Gasteiger partial charge in [0.2, 0.25) is 5.95 Å². The van der Waals surface area contributed by atoms with Crippen molar-refractivity contribution in [1.82, 2.24) is 15.3 Å². The van der Waals surface area contributed by atoms with Gasteiger partial charge in [0.1, 0.15) is 5.02 Å². The number of para-hydroxylation sites is 1. The van der Waals surface area contributed by atoms with Crippen LogP contribution in [-0.2, 0) is 9.53 Å². The quantitative estimate of drug-likeness (QED) is 0.312. The minimum atomic E-state index is -5.08. The van der Waals surface area contributed by atoms with Gasteiger partial charge in [0.15, 0.2) is 5.82 Å². The fraction of sp³-hybridized carbons (Fsp3) is 0.250. The fourth-order valence-electron chi connectivity index (χ4n) is 3.34. The van der Waals surface area contributed by atoms with Crippen LogP contribution in [0.2, 0.25) is 10.0 Å². The highest BCUT2D eigenvalue weighted by atomic mass is 35.5. The van der Waals surface area contributed by atoms with E-state index in [0.29, 0.717) is 46.3 Å². The van der Waals surface area contributed by atoms with Crippen molar-refractivity contribution in [2.75, 3.05) is 48.9 Å². The topological polar surface area (TPSA) is 129 Å². The Labute approximate surface area is 231 Å². The lowest BCUT2D eigenvalue weighted by atomic mass is 10.1. The average Bonchev–Trinajstić information content (AvgIpc) is 2.91.